The molecule has 0 atom stereocenters. The second kappa shape index (κ2) is 26.5. The predicted molar refractivity (Wildman–Crippen MR) is 7.13 cm³/mol. The van der Waals surface area contributed by atoms with Gasteiger partial charge in [-0.25, -0.2) is 0 Å². The normalized spacial score (nSPS) is 4.86. The van der Waals surface area contributed by atoms with Crippen molar-refractivity contribution in [2.24, 2.45) is 0 Å². The first-order valence-electron chi connectivity index (χ1n) is 0.577. The van der Waals surface area contributed by atoms with E-state index < -0.39 is 30.4 Å². The maximum atomic E-state index is 8.38. The summed E-state index contributed by atoms with van der Waals surface area (Å²) in [6.07, 6.45) is 0. The van der Waals surface area contributed by atoms with Crippen LogP contribution >= 0.6 is 0 Å². The van der Waals surface area contributed by atoms with Crippen LogP contribution in [0.4, 0.5) is 0 Å². The van der Waals surface area contributed by atoms with E-state index in [1.54, 1.807) is 0 Å². The van der Waals surface area contributed by atoms with Crippen molar-refractivity contribution in [3.05, 3.63) is 0 Å². The molecule has 0 amide bonds. The number of hydrogen-bond acceptors (Lipinski definition) is 4. The van der Waals surface area contributed by atoms with Crippen molar-refractivity contribution in [3.8, 4) is 0 Å². The monoisotopic (exact) mass is 200 g/mol. The van der Waals surface area contributed by atoms with Crippen LogP contribution in [0.1, 0.15) is 0 Å². The van der Waals surface area contributed by atoms with E-state index in [0.717, 1.165) is 0 Å². The third-order valence-electron chi connectivity index (χ3n) is 0. The Morgan fingerprint density at radius 1 is 1.00 bits per heavy atom. The van der Waals surface area contributed by atoms with Crippen LogP contribution in [0.25, 0.3) is 0 Å². The molecule has 0 aliphatic carbocycles. The summed E-state index contributed by atoms with van der Waals surface area (Å²) in [5, 5.41) is 0. The summed E-state index contributed by atoms with van der Waals surface area (Å²) in [6.45, 7) is 0. The van der Waals surface area contributed by atoms with Crippen LogP contribution in [0.15, 0.2) is 0 Å². The zero-order valence-electron chi connectivity index (χ0n) is 3.05. The van der Waals surface area contributed by atoms with E-state index in [2.05, 4.69) is 0 Å². The number of hydrogen-bond donors (Lipinski definition) is 0. The Labute approximate surface area is 69.2 Å². The van der Waals surface area contributed by atoms with E-state index in [9.17, 15) is 0 Å². The molecule has 0 rings (SSSR count). The molecule has 0 aromatic rings. The topological polar surface area (TPSA) is 80.3 Å². The van der Waals surface area contributed by atoms with Crippen molar-refractivity contribution in [2.75, 3.05) is 0 Å². The Morgan fingerprint density at radius 2 is 1.00 bits per heavy atom. The molecule has 4 nitrogen and oxygen atoms in total. The molecule has 0 spiro atoms. The molecule has 0 aliphatic rings. The minimum atomic E-state index is -1.25. The van der Waals surface area contributed by atoms with Crippen LogP contribution in [0.2, 0.25) is 0 Å². The molecular formula is Fe2MgO4. The van der Waals surface area contributed by atoms with Gasteiger partial charge in [0, 0.05) is 0 Å². The van der Waals surface area contributed by atoms with E-state index in [1.807, 2.05) is 0 Å². The predicted octanol–water partition coefficient (Wildman–Crippen LogP) is -3.00. The molecule has 0 heterocycles. The Morgan fingerprint density at radius 3 is 1.00 bits per heavy atom. The molecule has 0 aromatic carbocycles. The Bertz CT molecular complexity index is 30.7. The van der Waals surface area contributed by atoms with Crippen LogP contribution < -0.4 is 8.38 Å². The second-order valence-corrected chi connectivity index (χ2v) is 0.486. The van der Waals surface area contributed by atoms with Gasteiger partial charge in [-0.15, -0.1) is 0 Å². The molecule has 7 heavy (non-hydrogen) atoms. The van der Waals surface area contributed by atoms with Gasteiger partial charge in [0.15, 0.2) is 0 Å². The van der Waals surface area contributed by atoms with Gasteiger partial charge >= 0.3 is 69.5 Å². The summed E-state index contributed by atoms with van der Waals surface area (Å²) in [5.74, 6) is 0. The summed E-state index contributed by atoms with van der Waals surface area (Å²) in [5.41, 5.74) is 0. The Balaban J connectivity index is -0.0000000400. The third kappa shape index (κ3) is 118. The molecule has 0 unspecified atom stereocenters. The van der Waals surface area contributed by atoms with Gasteiger partial charge in [0.1, 0.15) is 0 Å². The molecule has 0 bridgehead atoms. The van der Waals surface area contributed by atoms with Crippen LogP contribution in [0.5, 0.6) is 0 Å². The average molecular weight is 200 g/mol. The van der Waals surface area contributed by atoms with Crippen LogP contribution in [0, 0.1) is 0 Å². The zero-order chi connectivity index (χ0) is 5.41. The first-order valence-corrected chi connectivity index (χ1v) is 2.38. The van der Waals surface area contributed by atoms with Gasteiger partial charge in [-0.3, -0.25) is 0 Å². The molecule has 0 fully saturated rings. The average Bonchev–Trinajstić information content (AvgIpc) is 1.39. The molecule has 0 saturated heterocycles. The van der Waals surface area contributed by atoms with Crippen LogP contribution in [-0.4, -0.2) is 23.1 Å². The van der Waals surface area contributed by atoms with Gasteiger partial charge < -0.3 is 0 Å². The van der Waals surface area contributed by atoms with E-state index in [1.165, 1.54) is 0 Å². The third-order valence-corrected chi connectivity index (χ3v) is 0. The van der Waals surface area contributed by atoms with Gasteiger partial charge in [-0.1, -0.05) is 0 Å². The van der Waals surface area contributed by atoms with Crippen molar-refractivity contribution in [2.45, 2.75) is 0 Å². The van der Waals surface area contributed by atoms with Gasteiger partial charge in [-0.2, -0.15) is 0 Å². The molecule has 0 saturated carbocycles. The summed E-state index contributed by atoms with van der Waals surface area (Å²) >= 11 is -2.50. The van der Waals surface area contributed by atoms with Gasteiger partial charge in [0.05, 0.1) is 0 Å². The molecule has 0 aromatic heterocycles. The quantitative estimate of drug-likeness (QED) is 0.390. The molecular weight excluding hydrogens is 200 g/mol. The first kappa shape index (κ1) is 15.8. The fourth-order valence-electron chi connectivity index (χ4n) is 0. The molecule has 0 radical (unpaired) electrons. The van der Waals surface area contributed by atoms with E-state index in [4.69, 9.17) is 16.0 Å². The summed E-state index contributed by atoms with van der Waals surface area (Å²) in [7, 11) is 0. The van der Waals surface area contributed by atoms with Crippen molar-refractivity contribution in [3.63, 3.8) is 0 Å². The SMILES string of the molecule is [Mg+2].[O]=[Fe][O-].[O]=[Fe][O-]. The van der Waals surface area contributed by atoms with Gasteiger partial charge in [0.2, 0.25) is 0 Å². The van der Waals surface area contributed by atoms with Crippen molar-refractivity contribution >= 4 is 23.1 Å². The first-order chi connectivity index (χ1) is 2.83. The van der Waals surface area contributed by atoms with Crippen LogP contribution in [0.3, 0.4) is 0 Å². The Hall–Kier alpha value is 1.33. The van der Waals surface area contributed by atoms with Crippen LogP contribution in [-0.2, 0) is 38.1 Å². The fraction of sp³-hybridized carbons (Fsp3) is 0. The van der Waals surface area contributed by atoms with E-state index in [0.29, 0.717) is 0 Å². The summed E-state index contributed by atoms with van der Waals surface area (Å²) < 4.78 is 33.5. The molecule has 0 N–H and O–H groups in total. The van der Waals surface area contributed by atoms with Gasteiger partial charge in [0.25, 0.3) is 0 Å². The summed E-state index contributed by atoms with van der Waals surface area (Å²) in [6, 6.07) is 0. The minimum absolute atomic E-state index is 0. The maximum absolute atomic E-state index is 8.38. The van der Waals surface area contributed by atoms with E-state index >= 15 is 0 Å². The standard InChI is InChI=1S/2Fe.Mg.4O/q;;+2;;;2*-1. The fourth-order valence-corrected chi connectivity index (χ4v) is 0. The van der Waals surface area contributed by atoms with Crippen molar-refractivity contribution in [1.82, 2.24) is 0 Å². The van der Waals surface area contributed by atoms with Crippen molar-refractivity contribution in [1.29, 1.82) is 0 Å². The van der Waals surface area contributed by atoms with Gasteiger partial charge in [-0.05, 0) is 0 Å². The number of rotatable bonds is 0. The molecule has 7 heteroatoms. The zero-order valence-corrected chi connectivity index (χ0v) is 6.67. The summed E-state index contributed by atoms with van der Waals surface area (Å²) in [4.78, 5) is 0. The second-order valence-electron chi connectivity index (χ2n) is 0.118. The van der Waals surface area contributed by atoms with Crippen molar-refractivity contribution < 1.29 is 46.5 Å². The molecule has 0 aliphatic heterocycles. The van der Waals surface area contributed by atoms with E-state index in [-0.39, 0.29) is 23.1 Å². The Kier molecular flexibility index (Phi) is 59.6. The molecule has 42 valence electrons.